The second-order valence-corrected chi connectivity index (χ2v) is 5.43. The molecule has 0 saturated carbocycles. The zero-order chi connectivity index (χ0) is 10.6. The van der Waals surface area contributed by atoms with Crippen molar-refractivity contribution < 1.29 is 18.3 Å². The summed E-state index contributed by atoms with van der Waals surface area (Å²) in [5, 5.41) is 9.90. The lowest BCUT2D eigenvalue weighted by atomic mass is 10.3. The first-order chi connectivity index (χ1) is 5.79. The van der Waals surface area contributed by atoms with Gasteiger partial charge in [-0.25, -0.2) is 8.42 Å². The molecule has 0 aliphatic heterocycles. The summed E-state index contributed by atoms with van der Waals surface area (Å²) < 4.78 is 21.8. The number of amides is 1. The van der Waals surface area contributed by atoms with E-state index in [2.05, 4.69) is 5.32 Å². The van der Waals surface area contributed by atoms with E-state index in [1.165, 1.54) is 6.92 Å². The average molecular weight is 209 g/mol. The van der Waals surface area contributed by atoms with Crippen LogP contribution in [0.3, 0.4) is 0 Å². The topological polar surface area (TPSA) is 83.5 Å². The molecule has 0 aliphatic carbocycles. The molecule has 0 radical (unpaired) electrons. The van der Waals surface area contributed by atoms with Crippen LogP contribution in [-0.4, -0.2) is 43.6 Å². The number of hydrogen-bond donors (Lipinski definition) is 2. The van der Waals surface area contributed by atoms with Crippen molar-refractivity contribution in [1.82, 2.24) is 5.32 Å². The molecule has 13 heavy (non-hydrogen) atoms. The molecule has 0 aliphatic rings. The Balaban J connectivity index is 4.29. The molecule has 2 unspecified atom stereocenters. The van der Waals surface area contributed by atoms with E-state index in [0.29, 0.717) is 0 Å². The van der Waals surface area contributed by atoms with Crippen LogP contribution in [0.15, 0.2) is 0 Å². The molecule has 6 heteroatoms. The summed E-state index contributed by atoms with van der Waals surface area (Å²) in [5.74, 6) is -0.580. The first-order valence-corrected chi connectivity index (χ1v) is 5.84. The summed E-state index contributed by atoms with van der Waals surface area (Å²) in [7, 11) is -3.35. The number of carbonyl (C=O) groups is 1. The molecule has 0 spiro atoms. The minimum absolute atomic E-state index is 0.206. The third-order valence-electron chi connectivity index (χ3n) is 1.67. The van der Waals surface area contributed by atoms with Gasteiger partial charge in [0.1, 0.15) is 5.25 Å². The molecule has 0 saturated heterocycles. The highest BCUT2D eigenvalue weighted by atomic mass is 32.2. The average Bonchev–Trinajstić information content (AvgIpc) is 2.01. The summed E-state index contributed by atoms with van der Waals surface area (Å²) in [6.07, 6.45) is 1.00. The minimum Gasteiger partial charge on any atom is -0.394 e. The van der Waals surface area contributed by atoms with Crippen molar-refractivity contribution >= 4 is 15.7 Å². The maximum Gasteiger partial charge on any atom is 0.238 e. The number of rotatable bonds is 4. The van der Waals surface area contributed by atoms with Gasteiger partial charge in [-0.15, -0.1) is 0 Å². The summed E-state index contributed by atoms with van der Waals surface area (Å²) in [6.45, 7) is 2.70. The highest BCUT2D eigenvalue weighted by Gasteiger charge is 2.24. The van der Waals surface area contributed by atoms with Crippen LogP contribution < -0.4 is 5.32 Å². The third-order valence-corrected chi connectivity index (χ3v) is 3.17. The molecule has 2 N–H and O–H groups in total. The van der Waals surface area contributed by atoms with Crippen LogP contribution in [-0.2, 0) is 14.6 Å². The van der Waals surface area contributed by atoms with Gasteiger partial charge in [-0.1, -0.05) is 0 Å². The zero-order valence-corrected chi connectivity index (χ0v) is 8.76. The molecule has 0 heterocycles. The second-order valence-electron chi connectivity index (χ2n) is 3.06. The molecule has 2 atom stereocenters. The van der Waals surface area contributed by atoms with E-state index >= 15 is 0 Å². The Bertz CT molecular complexity index is 272. The van der Waals surface area contributed by atoms with E-state index in [0.717, 1.165) is 6.26 Å². The number of aliphatic hydroxyl groups excluding tert-OH is 1. The molecular weight excluding hydrogens is 194 g/mol. The molecule has 78 valence electrons. The molecule has 0 rings (SSSR count). The number of hydrogen-bond acceptors (Lipinski definition) is 4. The number of aliphatic hydroxyl groups is 1. The van der Waals surface area contributed by atoms with Crippen LogP contribution in [0.25, 0.3) is 0 Å². The van der Waals surface area contributed by atoms with Crippen molar-refractivity contribution in [3.8, 4) is 0 Å². The van der Waals surface area contributed by atoms with Gasteiger partial charge in [-0.2, -0.15) is 0 Å². The Kier molecular flexibility index (Phi) is 4.35. The van der Waals surface area contributed by atoms with Crippen molar-refractivity contribution in [1.29, 1.82) is 0 Å². The van der Waals surface area contributed by atoms with Crippen molar-refractivity contribution in [3.63, 3.8) is 0 Å². The summed E-state index contributed by atoms with van der Waals surface area (Å²) >= 11 is 0. The van der Waals surface area contributed by atoms with Gasteiger partial charge >= 0.3 is 0 Å². The summed E-state index contributed by atoms with van der Waals surface area (Å²) in [4.78, 5) is 11.2. The number of sulfone groups is 1. The summed E-state index contributed by atoms with van der Waals surface area (Å²) in [6, 6.07) is -0.420. The fourth-order valence-corrected chi connectivity index (χ4v) is 1.06. The van der Waals surface area contributed by atoms with E-state index < -0.39 is 27.0 Å². The Morgan fingerprint density at radius 1 is 1.46 bits per heavy atom. The van der Waals surface area contributed by atoms with Crippen molar-refractivity contribution in [2.75, 3.05) is 12.9 Å². The molecule has 0 aromatic carbocycles. The van der Waals surface area contributed by atoms with Gasteiger partial charge in [-0.05, 0) is 13.8 Å². The van der Waals surface area contributed by atoms with Crippen molar-refractivity contribution in [2.45, 2.75) is 25.1 Å². The van der Waals surface area contributed by atoms with Gasteiger partial charge in [-0.3, -0.25) is 4.79 Å². The van der Waals surface area contributed by atoms with E-state index in [4.69, 9.17) is 5.11 Å². The van der Waals surface area contributed by atoms with Gasteiger partial charge in [0.25, 0.3) is 0 Å². The lowest BCUT2D eigenvalue weighted by Crippen LogP contribution is -2.43. The van der Waals surface area contributed by atoms with Crippen LogP contribution in [0.5, 0.6) is 0 Å². The van der Waals surface area contributed by atoms with Gasteiger partial charge < -0.3 is 10.4 Å². The van der Waals surface area contributed by atoms with Gasteiger partial charge in [0.2, 0.25) is 5.91 Å². The predicted octanol–water partition coefficient (Wildman–Crippen LogP) is -1.08. The minimum atomic E-state index is -3.35. The standard InChI is InChI=1S/C7H15NO4S/c1-5(4-9)8-7(10)6(2)13(3,11)12/h5-6,9H,4H2,1-3H3,(H,8,10). The Hall–Kier alpha value is -0.620. The predicted molar refractivity (Wildman–Crippen MR) is 49.0 cm³/mol. The highest BCUT2D eigenvalue weighted by Crippen LogP contribution is 1.98. The third kappa shape index (κ3) is 4.23. The van der Waals surface area contributed by atoms with Crippen LogP contribution in [0.2, 0.25) is 0 Å². The normalized spacial score (nSPS) is 16.3. The molecule has 5 nitrogen and oxygen atoms in total. The fraction of sp³-hybridized carbons (Fsp3) is 0.857. The molecule has 0 bridgehead atoms. The molecule has 0 fully saturated rings. The zero-order valence-electron chi connectivity index (χ0n) is 7.94. The monoisotopic (exact) mass is 209 g/mol. The van der Waals surface area contributed by atoms with Crippen molar-refractivity contribution in [2.24, 2.45) is 0 Å². The van der Waals surface area contributed by atoms with Crippen molar-refractivity contribution in [3.05, 3.63) is 0 Å². The second kappa shape index (κ2) is 4.57. The lowest BCUT2D eigenvalue weighted by molar-refractivity contribution is -0.121. The number of carbonyl (C=O) groups excluding carboxylic acids is 1. The maximum atomic E-state index is 11.2. The van der Waals surface area contributed by atoms with E-state index in [-0.39, 0.29) is 6.61 Å². The first-order valence-electron chi connectivity index (χ1n) is 3.89. The van der Waals surface area contributed by atoms with E-state index in [9.17, 15) is 13.2 Å². The maximum absolute atomic E-state index is 11.2. The van der Waals surface area contributed by atoms with Gasteiger partial charge in [0.15, 0.2) is 9.84 Å². The van der Waals surface area contributed by atoms with Crippen LogP contribution in [0, 0.1) is 0 Å². The molecular formula is C7H15NO4S. The van der Waals surface area contributed by atoms with Crippen LogP contribution in [0.4, 0.5) is 0 Å². The van der Waals surface area contributed by atoms with E-state index in [1.54, 1.807) is 6.92 Å². The van der Waals surface area contributed by atoms with Gasteiger partial charge in [0.05, 0.1) is 6.61 Å². The molecule has 1 amide bonds. The number of nitrogens with one attached hydrogen (secondary N) is 1. The molecule has 0 aromatic heterocycles. The molecule has 0 aromatic rings. The quantitative estimate of drug-likeness (QED) is 0.616. The smallest absolute Gasteiger partial charge is 0.238 e. The Morgan fingerprint density at radius 3 is 2.23 bits per heavy atom. The summed E-state index contributed by atoms with van der Waals surface area (Å²) in [5.41, 5.74) is 0. The fourth-order valence-electron chi connectivity index (χ4n) is 0.600. The Morgan fingerprint density at radius 2 is 1.92 bits per heavy atom. The largest absolute Gasteiger partial charge is 0.394 e. The SMILES string of the molecule is CC(CO)NC(=O)C(C)S(C)(=O)=O. The van der Waals surface area contributed by atoms with E-state index in [1.807, 2.05) is 0 Å². The van der Waals surface area contributed by atoms with Crippen LogP contribution >= 0.6 is 0 Å². The first kappa shape index (κ1) is 12.4. The Labute approximate surface area is 78.1 Å². The van der Waals surface area contributed by atoms with Gasteiger partial charge in [0, 0.05) is 12.3 Å². The van der Waals surface area contributed by atoms with Crippen LogP contribution in [0.1, 0.15) is 13.8 Å². The highest BCUT2D eigenvalue weighted by molar-refractivity contribution is 7.92. The lowest BCUT2D eigenvalue weighted by Gasteiger charge is -2.14.